The molecule has 156 valence electrons. The monoisotopic (exact) mass is 418 g/mol. The lowest BCUT2D eigenvalue weighted by Crippen LogP contribution is -2.00. The van der Waals surface area contributed by atoms with Crippen LogP contribution in [0, 0.1) is 6.92 Å². The van der Waals surface area contributed by atoms with Gasteiger partial charge in [0.2, 0.25) is 5.78 Å². The molecule has 5 rings (SSSR count). The molecule has 3 nitrogen and oxygen atoms in total. The van der Waals surface area contributed by atoms with Crippen molar-refractivity contribution in [3.8, 4) is 22.6 Å². The van der Waals surface area contributed by atoms with Crippen molar-refractivity contribution in [2.45, 2.75) is 13.5 Å². The van der Waals surface area contributed by atoms with Crippen molar-refractivity contribution in [1.29, 1.82) is 0 Å². The summed E-state index contributed by atoms with van der Waals surface area (Å²) in [4.78, 5) is 13.0. The predicted octanol–water partition coefficient (Wildman–Crippen LogP) is 6.86. The van der Waals surface area contributed by atoms with Gasteiger partial charge in [-0.15, -0.1) is 0 Å². The maximum Gasteiger partial charge on any atom is 0.232 e. The number of aryl methyl sites for hydroxylation is 1. The topological polar surface area (TPSA) is 35.5 Å². The normalized spacial score (nSPS) is 13.7. The molecule has 1 heterocycles. The van der Waals surface area contributed by atoms with E-state index in [1.165, 1.54) is 0 Å². The molecule has 0 N–H and O–H groups in total. The first-order valence-corrected chi connectivity index (χ1v) is 10.6. The number of hydrogen-bond donors (Lipinski definition) is 0. The molecule has 32 heavy (non-hydrogen) atoms. The second-order valence-electron chi connectivity index (χ2n) is 7.82. The number of fused-ring (bicyclic) bond motifs is 1. The smallest absolute Gasteiger partial charge is 0.232 e. The van der Waals surface area contributed by atoms with Crippen LogP contribution in [0.2, 0.25) is 0 Å². The number of rotatable bonds is 5. The fourth-order valence-electron chi connectivity index (χ4n) is 3.86. The van der Waals surface area contributed by atoms with Gasteiger partial charge in [-0.05, 0) is 46.9 Å². The van der Waals surface area contributed by atoms with E-state index >= 15 is 0 Å². The zero-order valence-electron chi connectivity index (χ0n) is 17.7. The van der Waals surface area contributed by atoms with Crippen LogP contribution in [0.4, 0.5) is 0 Å². The molecule has 0 spiro atoms. The Morgan fingerprint density at radius 2 is 1.47 bits per heavy atom. The van der Waals surface area contributed by atoms with Gasteiger partial charge < -0.3 is 9.47 Å². The summed E-state index contributed by atoms with van der Waals surface area (Å²) in [6, 6.07) is 32.0. The molecule has 0 saturated heterocycles. The van der Waals surface area contributed by atoms with E-state index in [1.807, 2.05) is 73.7 Å². The highest BCUT2D eigenvalue weighted by Gasteiger charge is 2.30. The van der Waals surface area contributed by atoms with Crippen LogP contribution in [0.1, 0.15) is 27.0 Å². The Balaban J connectivity index is 1.35. The summed E-state index contributed by atoms with van der Waals surface area (Å²) in [7, 11) is 0. The van der Waals surface area contributed by atoms with Gasteiger partial charge in [-0.25, -0.2) is 0 Å². The van der Waals surface area contributed by atoms with Gasteiger partial charge in [0, 0.05) is 6.07 Å². The van der Waals surface area contributed by atoms with Crippen molar-refractivity contribution >= 4 is 11.9 Å². The molecule has 4 aromatic carbocycles. The molecule has 0 amide bonds. The van der Waals surface area contributed by atoms with E-state index in [0.29, 0.717) is 29.4 Å². The number of carbonyl (C=O) groups is 1. The quantitative estimate of drug-likeness (QED) is 0.332. The summed E-state index contributed by atoms with van der Waals surface area (Å²) in [5, 5.41) is 0. The second kappa shape index (κ2) is 8.56. The van der Waals surface area contributed by atoms with Crippen LogP contribution in [0.3, 0.4) is 0 Å². The molecule has 0 radical (unpaired) electrons. The third-order valence-corrected chi connectivity index (χ3v) is 5.51. The first-order chi connectivity index (χ1) is 15.7. The minimum absolute atomic E-state index is 0.0979. The number of hydrogen-bond acceptors (Lipinski definition) is 3. The van der Waals surface area contributed by atoms with E-state index in [2.05, 4.69) is 24.3 Å². The van der Waals surface area contributed by atoms with Crippen LogP contribution >= 0.6 is 0 Å². The number of ether oxygens (including phenoxy) is 2. The molecule has 0 fully saturated rings. The average molecular weight is 418 g/mol. The average Bonchev–Trinajstić information content (AvgIpc) is 3.15. The van der Waals surface area contributed by atoms with Crippen LogP contribution < -0.4 is 9.47 Å². The van der Waals surface area contributed by atoms with Crippen molar-refractivity contribution in [3.63, 3.8) is 0 Å². The molecule has 1 aliphatic heterocycles. The number of carbonyl (C=O) groups excluding carboxylic acids is 1. The Morgan fingerprint density at radius 3 is 2.19 bits per heavy atom. The summed E-state index contributed by atoms with van der Waals surface area (Å²) in [5.74, 6) is 1.46. The Kier molecular flexibility index (Phi) is 5.30. The molecule has 0 atom stereocenters. The van der Waals surface area contributed by atoms with Crippen LogP contribution in [0.15, 0.2) is 103 Å². The Morgan fingerprint density at radius 1 is 0.812 bits per heavy atom. The van der Waals surface area contributed by atoms with E-state index in [0.717, 1.165) is 27.8 Å². The maximum atomic E-state index is 13.0. The molecule has 0 saturated carbocycles. The van der Waals surface area contributed by atoms with E-state index < -0.39 is 0 Å². The molecule has 4 aromatic rings. The summed E-state index contributed by atoms with van der Waals surface area (Å²) >= 11 is 0. The molecule has 0 unspecified atom stereocenters. The van der Waals surface area contributed by atoms with Gasteiger partial charge in [-0.2, -0.15) is 0 Å². The molecule has 3 heteroatoms. The molecular weight excluding hydrogens is 396 g/mol. The minimum atomic E-state index is -0.0979. The summed E-state index contributed by atoms with van der Waals surface area (Å²) < 4.78 is 11.9. The lowest BCUT2D eigenvalue weighted by atomic mass is 10.0. The van der Waals surface area contributed by atoms with Gasteiger partial charge >= 0.3 is 0 Å². The van der Waals surface area contributed by atoms with Gasteiger partial charge in [0.1, 0.15) is 18.1 Å². The lowest BCUT2D eigenvalue weighted by Gasteiger charge is -2.09. The zero-order valence-corrected chi connectivity index (χ0v) is 17.7. The van der Waals surface area contributed by atoms with Gasteiger partial charge in [0.25, 0.3) is 0 Å². The van der Waals surface area contributed by atoms with E-state index in [1.54, 1.807) is 12.1 Å². The van der Waals surface area contributed by atoms with Crippen LogP contribution in [-0.4, -0.2) is 5.78 Å². The standard InChI is InChI=1S/C29H22O3/c1-20-16-25(31-19-22-8-4-2-5-9-22)18-26-28(20)29(30)27(32-26)17-21-12-14-24(15-13-21)23-10-6-3-7-11-23/h2-18H,19H2,1H3/b27-17-. The van der Waals surface area contributed by atoms with Crippen molar-refractivity contribution in [1.82, 2.24) is 0 Å². The van der Waals surface area contributed by atoms with Crippen LogP contribution in [0.5, 0.6) is 11.5 Å². The lowest BCUT2D eigenvalue weighted by molar-refractivity contribution is 0.101. The highest BCUT2D eigenvalue weighted by Crippen LogP contribution is 2.37. The van der Waals surface area contributed by atoms with Gasteiger partial charge in [-0.1, -0.05) is 84.9 Å². The molecule has 0 aromatic heterocycles. The highest BCUT2D eigenvalue weighted by molar-refractivity contribution is 6.15. The molecule has 0 aliphatic carbocycles. The number of benzene rings is 4. The van der Waals surface area contributed by atoms with Gasteiger partial charge in [0.15, 0.2) is 5.76 Å². The van der Waals surface area contributed by atoms with E-state index in [9.17, 15) is 4.79 Å². The number of allylic oxidation sites excluding steroid dienone is 1. The minimum Gasteiger partial charge on any atom is -0.489 e. The highest BCUT2D eigenvalue weighted by atomic mass is 16.5. The van der Waals surface area contributed by atoms with Crippen LogP contribution in [-0.2, 0) is 6.61 Å². The number of ketones is 1. The van der Waals surface area contributed by atoms with Crippen molar-refractivity contribution in [2.24, 2.45) is 0 Å². The Bertz CT molecular complexity index is 1290. The SMILES string of the molecule is Cc1cc(OCc2ccccc2)cc2c1C(=O)/C(=C/c1ccc(-c3ccccc3)cc1)O2. The largest absolute Gasteiger partial charge is 0.489 e. The van der Waals surface area contributed by atoms with Crippen molar-refractivity contribution in [3.05, 3.63) is 125 Å². The Hall–Kier alpha value is -4.11. The fourth-order valence-corrected chi connectivity index (χ4v) is 3.86. The Labute approximate surface area is 187 Å². The van der Waals surface area contributed by atoms with Gasteiger partial charge in [0.05, 0.1) is 5.56 Å². The third-order valence-electron chi connectivity index (χ3n) is 5.51. The van der Waals surface area contributed by atoms with Crippen LogP contribution in [0.25, 0.3) is 17.2 Å². The summed E-state index contributed by atoms with van der Waals surface area (Å²) in [5.41, 5.74) is 5.74. The maximum absolute atomic E-state index is 13.0. The first kappa shape index (κ1) is 19.8. The zero-order chi connectivity index (χ0) is 21.9. The van der Waals surface area contributed by atoms with Gasteiger partial charge in [-0.3, -0.25) is 4.79 Å². The molecular formula is C29H22O3. The first-order valence-electron chi connectivity index (χ1n) is 10.6. The molecule has 1 aliphatic rings. The molecule has 0 bridgehead atoms. The van der Waals surface area contributed by atoms with E-state index in [-0.39, 0.29) is 5.78 Å². The predicted molar refractivity (Wildman–Crippen MR) is 127 cm³/mol. The summed E-state index contributed by atoms with van der Waals surface area (Å²) in [6.07, 6.45) is 1.79. The van der Waals surface area contributed by atoms with Crippen molar-refractivity contribution in [2.75, 3.05) is 0 Å². The summed E-state index contributed by atoms with van der Waals surface area (Å²) in [6.45, 7) is 2.37. The van der Waals surface area contributed by atoms with Crippen molar-refractivity contribution < 1.29 is 14.3 Å². The second-order valence-corrected chi connectivity index (χ2v) is 7.82. The number of Topliss-reactive ketones (excluding diaryl/α,β-unsaturated/α-hetero) is 1. The van der Waals surface area contributed by atoms with E-state index in [4.69, 9.17) is 9.47 Å². The third kappa shape index (κ3) is 4.06. The fraction of sp³-hybridized carbons (Fsp3) is 0.0690.